The number of benzene rings is 2. The number of nitrogens with one attached hydrogen (secondary N) is 2. The van der Waals surface area contributed by atoms with Crippen LogP contribution in [0, 0.1) is 0 Å². The van der Waals surface area contributed by atoms with Gasteiger partial charge in [-0.1, -0.05) is 35.0 Å². The molecule has 0 fully saturated rings. The van der Waals surface area contributed by atoms with Crippen molar-refractivity contribution in [2.24, 2.45) is 7.05 Å². The van der Waals surface area contributed by atoms with Gasteiger partial charge in [0.15, 0.2) is 22.5 Å². The Hall–Kier alpha value is -2.95. The lowest BCUT2D eigenvalue weighted by atomic mass is 10.2. The third-order valence-corrected chi connectivity index (χ3v) is 5.91. The normalized spacial score (nSPS) is 10.6. The summed E-state index contributed by atoms with van der Waals surface area (Å²) in [5.74, 6) is 1.09. The number of hydrogen-bond acceptors (Lipinski definition) is 7. The number of rotatable bonds is 9. The van der Waals surface area contributed by atoms with Crippen molar-refractivity contribution in [2.75, 3.05) is 25.3 Å². The van der Waals surface area contributed by atoms with E-state index in [1.165, 1.54) is 26.0 Å². The van der Waals surface area contributed by atoms with E-state index in [2.05, 4.69) is 20.8 Å². The van der Waals surface area contributed by atoms with Crippen LogP contribution in [0.25, 0.3) is 0 Å². The zero-order chi connectivity index (χ0) is 24.0. The summed E-state index contributed by atoms with van der Waals surface area (Å²) in [6, 6.07) is 9.69. The van der Waals surface area contributed by atoms with Gasteiger partial charge >= 0.3 is 0 Å². The van der Waals surface area contributed by atoms with E-state index >= 15 is 0 Å². The molecule has 1 heterocycles. The second-order valence-corrected chi connectivity index (χ2v) is 8.52. The summed E-state index contributed by atoms with van der Waals surface area (Å²) in [5, 5.41) is 15.1. The number of hydrogen-bond donors (Lipinski definition) is 2. The van der Waals surface area contributed by atoms with Crippen LogP contribution >= 0.6 is 35.0 Å². The highest BCUT2D eigenvalue weighted by Crippen LogP contribution is 2.27. The van der Waals surface area contributed by atoms with Crippen LogP contribution in [0.4, 0.5) is 5.69 Å². The minimum atomic E-state index is -0.298. The van der Waals surface area contributed by atoms with Crippen molar-refractivity contribution in [1.29, 1.82) is 0 Å². The summed E-state index contributed by atoms with van der Waals surface area (Å²) in [7, 11) is 4.79. The highest BCUT2D eigenvalue weighted by molar-refractivity contribution is 7.99. The molecule has 0 radical (unpaired) electrons. The maximum Gasteiger partial charge on any atom is 0.251 e. The van der Waals surface area contributed by atoms with E-state index in [9.17, 15) is 9.59 Å². The van der Waals surface area contributed by atoms with Crippen molar-refractivity contribution in [3.63, 3.8) is 0 Å². The molecule has 3 rings (SSSR count). The van der Waals surface area contributed by atoms with Gasteiger partial charge in [0.2, 0.25) is 5.91 Å². The summed E-state index contributed by atoms with van der Waals surface area (Å²) in [5.41, 5.74) is 0.928. The van der Waals surface area contributed by atoms with Gasteiger partial charge in [0.1, 0.15) is 0 Å². The summed E-state index contributed by atoms with van der Waals surface area (Å²) in [6.45, 7) is 0.157. The Balaban J connectivity index is 1.55. The molecule has 33 heavy (non-hydrogen) atoms. The minimum absolute atomic E-state index is 0.105. The monoisotopic (exact) mass is 509 g/mol. The lowest BCUT2D eigenvalue weighted by Gasteiger charge is -2.10. The molecule has 2 aromatic carbocycles. The largest absolute Gasteiger partial charge is 0.493 e. The summed E-state index contributed by atoms with van der Waals surface area (Å²) < 4.78 is 12.1. The Kier molecular flexibility index (Phi) is 8.43. The first-order valence-corrected chi connectivity index (χ1v) is 11.3. The lowest BCUT2D eigenvalue weighted by Crippen LogP contribution is -2.24. The molecule has 0 aliphatic carbocycles. The fraction of sp³-hybridized carbons (Fsp3) is 0.238. The average molecular weight is 510 g/mol. The summed E-state index contributed by atoms with van der Waals surface area (Å²) in [6.07, 6.45) is 0. The number of nitrogens with zero attached hydrogens (tertiary/aromatic N) is 3. The summed E-state index contributed by atoms with van der Waals surface area (Å²) >= 11 is 13.1. The van der Waals surface area contributed by atoms with Gasteiger partial charge in [-0.3, -0.25) is 9.59 Å². The van der Waals surface area contributed by atoms with E-state index in [0.717, 1.165) is 0 Å². The van der Waals surface area contributed by atoms with Gasteiger partial charge < -0.3 is 24.7 Å². The van der Waals surface area contributed by atoms with Crippen LogP contribution in [-0.2, 0) is 18.4 Å². The number of methoxy groups -OCH3 is 2. The number of ether oxygens (including phenoxy) is 2. The quantitative estimate of drug-likeness (QED) is 0.422. The van der Waals surface area contributed by atoms with Gasteiger partial charge in [-0.2, -0.15) is 0 Å². The number of carbonyl (C=O) groups is 2. The van der Waals surface area contributed by atoms with E-state index < -0.39 is 0 Å². The molecule has 12 heteroatoms. The third kappa shape index (κ3) is 6.53. The molecule has 0 unspecified atom stereocenters. The van der Waals surface area contributed by atoms with Gasteiger partial charge in [-0.25, -0.2) is 0 Å². The van der Waals surface area contributed by atoms with Crippen LogP contribution in [0.1, 0.15) is 16.2 Å². The molecule has 1 aromatic heterocycles. The molecule has 0 saturated heterocycles. The maximum atomic E-state index is 12.5. The molecular weight excluding hydrogens is 489 g/mol. The van der Waals surface area contributed by atoms with Crippen LogP contribution in [0.2, 0.25) is 10.0 Å². The first-order valence-electron chi connectivity index (χ1n) is 9.58. The molecule has 174 valence electrons. The number of halogens is 2. The first kappa shape index (κ1) is 24.7. The van der Waals surface area contributed by atoms with E-state index in [1.807, 2.05) is 0 Å². The molecule has 0 spiro atoms. The standard InChI is InChI=1S/C21H21Cl2N5O4S/c1-28-18(10-24-20(30)12-4-5-16(31-2)17(6-12)32-3)26-27-21(28)33-11-19(29)25-15-8-13(22)7-14(23)9-15/h4-9H,10-11H2,1-3H3,(H,24,30)(H,25,29). The molecule has 2 amide bonds. The molecule has 0 aliphatic rings. The van der Waals surface area contributed by atoms with Crippen molar-refractivity contribution in [1.82, 2.24) is 20.1 Å². The number of carbonyl (C=O) groups excluding carboxylic acids is 2. The average Bonchev–Trinajstić information content (AvgIpc) is 3.14. The van der Waals surface area contributed by atoms with Crippen molar-refractivity contribution >= 4 is 52.5 Å². The Labute approximate surface area is 204 Å². The fourth-order valence-corrected chi connectivity index (χ4v) is 4.07. The van der Waals surface area contributed by atoms with Crippen molar-refractivity contribution in [3.05, 3.63) is 57.8 Å². The zero-order valence-corrected chi connectivity index (χ0v) is 20.3. The molecule has 2 N–H and O–H groups in total. The van der Waals surface area contributed by atoms with Crippen LogP contribution < -0.4 is 20.1 Å². The molecule has 0 saturated carbocycles. The van der Waals surface area contributed by atoms with E-state index in [4.69, 9.17) is 32.7 Å². The molecule has 9 nitrogen and oxygen atoms in total. The Morgan fingerprint density at radius 3 is 2.39 bits per heavy atom. The van der Waals surface area contributed by atoms with E-state index in [-0.39, 0.29) is 24.1 Å². The third-order valence-electron chi connectivity index (χ3n) is 4.46. The minimum Gasteiger partial charge on any atom is -0.493 e. The van der Waals surface area contributed by atoms with Crippen molar-refractivity contribution in [3.8, 4) is 11.5 Å². The van der Waals surface area contributed by atoms with Gasteiger partial charge in [0, 0.05) is 28.3 Å². The smallest absolute Gasteiger partial charge is 0.251 e. The van der Waals surface area contributed by atoms with Crippen LogP contribution in [0.15, 0.2) is 41.6 Å². The van der Waals surface area contributed by atoms with Gasteiger partial charge in [-0.05, 0) is 36.4 Å². The second-order valence-electron chi connectivity index (χ2n) is 6.71. The lowest BCUT2D eigenvalue weighted by molar-refractivity contribution is -0.113. The Morgan fingerprint density at radius 2 is 1.73 bits per heavy atom. The van der Waals surface area contributed by atoms with Crippen molar-refractivity contribution in [2.45, 2.75) is 11.7 Å². The SMILES string of the molecule is COc1ccc(C(=O)NCc2nnc(SCC(=O)Nc3cc(Cl)cc(Cl)c3)n2C)cc1OC. The van der Waals surface area contributed by atoms with Crippen LogP contribution in [-0.4, -0.2) is 46.6 Å². The molecule has 3 aromatic rings. The molecule has 0 aliphatic heterocycles. The topological polar surface area (TPSA) is 107 Å². The Bertz CT molecular complexity index is 1150. The highest BCUT2D eigenvalue weighted by Gasteiger charge is 2.15. The van der Waals surface area contributed by atoms with E-state index in [0.29, 0.717) is 43.8 Å². The second kappa shape index (κ2) is 11.3. The van der Waals surface area contributed by atoms with Gasteiger partial charge in [-0.15, -0.1) is 10.2 Å². The van der Waals surface area contributed by atoms with E-state index in [1.54, 1.807) is 48.0 Å². The van der Waals surface area contributed by atoms with Gasteiger partial charge in [0.05, 0.1) is 26.5 Å². The summed E-state index contributed by atoms with van der Waals surface area (Å²) in [4.78, 5) is 24.7. The first-order chi connectivity index (χ1) is 15.8. The number of aromatic nitrogens is 3. The maximum absolute atomic E-state index is 12.5. The van der Waals surface area contributed by atoms with Crippen molar-refractivity contribution < 1.29 is 19.1 Å². The molecule has 0 bridgehead atoms. The van der Waals surface area contributed by atoms with Crippen LogP contribution in [0.3, 0.4) is 0 Å². The zero-order valence-electron chi connectivity index (χ0n) is 18.0. The predicted octanol–water partition coefficient (Wildman–Crippen LogP) is 3.80. The Morgan fingerprint density at radius 1 is 1.03 bits per heavy atom. The van der Waals surface area contributed by atoms with Gasteiger partial charge in [0.25, 0.3) is 5.91 Å². The number of anilines is 1. The van der Waals surface area contributed by atoms with Crippen LogP contribution in [0.5, 0.6) is 11.5 Å². The highest BCUT2D eigenvalue weighted by atomic mass is 35.5. The fourth-order valence-electron chi connectivity index (χ4n) is 2.82. The molecular formula is C21H21Cl2N5O4S. The number of amides is 2. The number of thioether (sulfide) groups is 1. The predicted molar refractivity (Wildman–Crippen MR) is 128 cm³/mol. The molecule has 0 atom stereocenters.